The molecular formula is C55H105NO12S. The molecule has 7 N–H and O–H groups in total. The Morgan fingerprint density at radius 1 is 0.580 bits per heavy atom. The highest BCUT2D eigenvalue weighted by atomic mass is 32.3. The molecule has 8 atom stereocenters. The van der Waals surface area contributed by atoms with Crippen LogP contribution >= 0.6 is 0 Å². The van der Waals surface area contributed by atoms with Crippen molar-refractivity contribution in [1.29, 1.82) is 0 Å². The van der Waals surface area contributed by atoms with Gasteiger partial charge in [0.05, 0.1) is 25.4 Å². The van der Waals surface area contributed by atoms with E-state index in [1.54, 1.807) is 6.08 Å². The smallest absolute Gasteiger partial charge is 0.394 e. The molecule has 1 aliphatic rings. The van der Waals surface area contributed by atoms with Crippen LogP contribution in [0.25, 0.3) is 0 Å². The van der Waals surface area contributed by atoms with E-state index in [4.69, 9.17) is 9.47 Å². The van der Waals surface area contributed by atoms with Crippen molar-refractivity contribution in [3.63, 3.8) is 0 Å². The first-order valence-electron chi connectivity index (χ1n) is 28.3. The molecule has 1 aliphatic heterocycles. The molecule has 1 rings (SSSR count). The standard InChI is InChI=1S/C55H105NO12S/c1-3-5-7-9-11-13-15-17-19-21-23-24-26-27-29-31-33-35-37-39-41-43-48(58)47(46-66-55-52(61)53(68-69(63,64)65)51(60)50(45-57)67-55)56-54(62)49(59)44-42-40-38-36-34-32-30-28-25-22-20-18-16-14-12-10-8-6-4-2/h33,35,41,43,47-53,55,57-61H,3-32,34,36-40,42,44-46H2,1-2H3,(H,56,62)(H,63,64,65)/b35-33+,43-41+. The van der Waals surface area contributed by atoms with Crippen molar-refractivity contribution in [1.82, 2.24) is 5.32 Å². The summed E-state index contributed by atoms with van der Waals surface area (Å²) in [6, 6.07) is -1.13. The minimum absolute atomic E-state index is 0.241. The molecule has 8 unspecified atom stereocenters. The van der Waals surface area contributed by atoms with Crippen LogP contribution in [0.4, 0.5) is 0 Å². The largest absolute Gasteiger partial charge is 0.397 e. The molecule has 0 saturated carbocycles. The molecular weight excluding hydrogens is 899 g/mol. The van der Waals surface area contributed by atoms with E-state index in [9.17, 15) is 43.3 Å². The van der Waals surface area contributed by atoms with Crippen LogP contribution in [0.3, 0.4) is 0 Å². The average molecular weight is 1000 g/mol. The van der Waals surface area contributed by atoms with Gasteiger partial charge in [-0.3, -0.25) is 9.35 Å². The summed E-state index contributed by atoms with van der Waals surface area (Å²) in [4.78, 5) is 13.2. The zero-order valence-electron chi connectivity index (χ0n) is 43.8. The first kappa shape index (κ1) is 65.6. The third-order valence-corrected chi connectivity index (χ3v) is 14.1. The monoisotopic (exact) mass is 1000 g/mol. The number of aliphatic hydroxyl groups is 5. The lowest BCUT2D eigenvalue weighted by molar-refractivity contribution is -0.298. The van der Waals surface area contributed by atoms with Crippen LogP contribution < -0.4 is 5.32 Å². The Morgan fingerprint density at radius 2 is 0.971 bits per heavy atom. The fraction of sp³-hybridized carbons (Fsp3) is 0.909. The lowest BCUT2D eigenvalue weighted by Gasteiger charge is -2.41. The number of nitrogens with one attached hydrogen (secondary N) is 1. The van der Waals surface area contributed by atoms with Crippen molar-refractivity contribution in [2.45, 2.75) is 307 Å². The second kappa shape index (κ2) is 45.2. The Bertz CT molecular complexity index is 1340. The number of aliphatic hydroxyl groups excluding tert-OH is 5. The third kappa shape index (κ3) is 37.0. The van der Waals surface area contributed by atoms with Gasteiger partial charge in [-0.15, -0.1) is 0 Å². The first-order valence-corrected chi connectivity index (χ1v) is 29.7. The normalized spacial score (nSPS) is 20.3. The Labute approximate surface area is 421 Å². The molecule has 408 valence electrons. The summed E-state index contributed by atoms with van der Waals surface area (Å²) in [6.45, 7) is 3.25. The molecule has 0 spiro atoms. The van der Waals surface area contributed by atoms with Gasteiger partial charge in [-0.05, 0) is 32.1 Å². The van der Waals surface area contributed by atoms with Gasteiger partial charge in [-0.1, -0.05) is 250 Å². The van der Waals surface area contributed by atoms with Crippen molar-refractivity contribution < 1.29 is 57.0 Å². The van der Waals surface area contributed by atoms with Gasteiger partial charge in [0.2, 0.25) is 5.91 Å². The fourth-order valence-electron chi connectivity index (χ4n) is 9.13. The van der Waals surface area contributed by atoms with E-state index in [-0.39, 0.29) is 6.42 Å². The van der Waals surface area contributed by atoms with Crippen LogP contribution in [-0.2, 0) is 28.9 Å². The van der Waals surface area contributed by atoms with Gasteiger partial charge >= 0.3 is 10.4 Å². The van der Waals surface area contributed by atoms with Gasteiger partial charge in [0.15, 0.2) is 6.29 Å². The van der Waals surface area contributed by atoms with Gasteiger partial charge in [-0.25, -0.2) is 4.18 Å². The molecule has 1 heterocycles. The summed E-state index contributed by atoms with van der Waals surface area (Å²) in [7, 11) is -5.12. The number of hydrogen-bond acceptors (Lipinski definition) is 11. The van der Waals surface area contributed by atoms with Crippen LogP contribution in [-0.4, -0.2) is 107 Å². The van der Waals surface area contributed by atoms with E-state index in [0.29, 0.717) is 12.8 Å². The molecule has 0 aliphatic carbocycles. The molecule has 0 aromatic heterocycles. The molecule has 1 fully saturated rings. The van der Waals surface area contributed by atoms with Crippen molar-refractivity contribution in [3.05, 3.63) is 24.3 Å². The molecule has 1 saturated heterocycles. The van der Waals surface area contributed by atoms with Crippen LogP contribution in [0.2, 0.25) is 0 Å². The summed E-state index contributed by atoms with van der Waals surface area (Å²) < 4.78 is 47.7. The topological polar surface area (TPSA) is 212 Å². The lowest BCUT2D eigenvalue weighted by Crippen LogP contribution is -2.61. The molecule has 13 nitrogen and oxygen atoms in total. The second-order valence-corrected chi connectivity index (χ2v) is 21.1. The maximum atomic E-state index is 13.2. The SMILES string of the molecule is CCCCCCCCCCCCCCCCC/C=C/CC/C=C/C(O)C(COC1OC(CO)C(O)C(OS(=O)(=O)O)C1O)NC(=O)C(O)CCCCCCCCCCCCCCCCCCCCC. The summed E-state index contributed by atoms with van der Waals surface area (Å²) in [6.07, 6.45) is 42.6. The highest BCUT2D eigenvalue weighted by Crippen LogP contribution is 2.26. The van der Waals surface area contributed by atoms with Crippen LogP contribution in [0, 0.1) is 0 Å². The number of ether oxygens (including phenoxy) is 2. The molecule has 1 amide bonds. The molecule has 69 heavy (non-hydrogen) atoms. The minimum atomic E-state index is -5.12. The minimum Gasteiger partial charge on any atom is -0.394 e. The molecule has 0 bridgehead atoms. The zero-order chi connectivity index (χ0) is 50.6. The highest BCUT2D eigenvalue weighted by Gasteiger charge is 2.48. The maximum absolute atomic E-state index is 13.2. The van der Waals surface area contributed by atoms with Crippen LogP contribution in [0.15, 0.2) is 24.3 Å². The average Bonchev–Trinajstić information content (AvgIpc) is 3.32. The number of amides is 1. The van der Waals surface area contributed by atoms with Crippen molar-refractivity contribution in [2.75, 3.05) is 13.2 Å². The van der Waals surface area contributed by atoms with Gasteiger partial charge in [-0.2, -0.15) is 8.42 Å². The summed E-state index contributed by atoms with van der Waals surface area (Å²) >= 11 is 0. The lowest BCUT2D eigenvalue weighted by atomic mass is 9.99. The summed E-state index contributed by atoms with van der Waals surface area (Å²) in [5.74, 6) is -0.707. The van der Waals surface area contributed by atoms with Crippen molar-refractivity contribution >= 4 is 16.3 Å². The molecule has 14 heteroatoms. The summed E-state index contributed by atoms with van der Waals surface area (Å²) in [5.41, 5.74) is 0. The first-order chi connectivity index (χ1) is 33.4. The Kier molecular flexibility index (Phi) is 42.9. The van der Waals surface area contributed by atoms with E-state index in [2.05, 4.69) is 35.5 Å². The molecule has 0 aromatic rings. The Balaban J connectivity index is 2.47. The Morgan fingerprint density at radius 3 is 1.39 bits per heavy atom. The third-order valence-electron chi connectivity index (χ3n) is 13.6. The van der Waals surface area contributed by atoms with Crippen molar-refractivity contribution in [3.8, 4) is 0 Å². The molecule has 0 radical (unpaired) electrons. The number of rotatable bonds is 49. The van der Waals surface area contributed by atoms with Gasteiger partial charge in [0.1, 0.15) is 30.5 Å². The van der Waals surface area contributed by atoms with E-state index in [1.807, 2.05) is 0 Å². The number of hydrogen-bond donors (Lipinski definition) is 7. The predicted molar refractivity (Wildman–Crippen MR) is 279 cm³/mol. The van der Waals surface area contributed by atoms with Gasteiger partial charge < -0.3 is 40.3 Å². The van der Waals surface area contributed by atoms with Gasteiger partial charge in [0.25, 0.3) is 0 Å². The number of carbonyl (C=O) groups excluding carboxylic acids is 1. The van der Waals surface area contributed by atoms with E-state index >= 15 is 0 Å². The second-order valence-electron chi connectivity index (χ2n) is 20.0. The number of carbonyl (C=O) groups is 1. The van der Waals surface area contributed by atoms with E-state index in [0.717, 1.165) is 38.5 Å². The fourth-order valence-corrected chi connectivity index (χ4v) is 9.64. The van der Waals surface area contributed by atoms with E-state index in [1.165, 1.54) is 192 Å². The predicted octanol–water partition coefficient (Wildman–Crippen LogP) is 11.8. The van der Waals surface area contributed by atoms with E-state index < -0.39 is 78.5 Å². The number of unbranched alkanes of at least 4 members (excludes halogenated alkanes) is 34. The number of allylic oxidation sites excluding steroid dienone is 3. The summed E-state index contributed by atoms with van der Waals surface area (Å²) in [5, 5.41) is 55.5. The quantitative estimate of drug-likeness (QED) is 0.0172. The van der Waals surface area contributed by atoms with Gasteiger partial charge in [0, 0.05) is 0 Å². The molecule has 0 aromatic carbocycles. The highest BCUT2D eigenvalue weighted by molar-refractivity contribution is 7.80. The Hall–Kier alpha value is -1.46. The van der Waals surface area contributed by atoms with Crippen molar-refractivity contribution in [2.24, 2.45) is 0 Å². The maximum Gasteiger partial charge on any atom is 0.397 e. The van der Waals surface area contributed by atoms with Crippen LogP contribution in [0.5, 0.6) is 0 Å². The van der Waals surface area contributed by atoms with Crippen LogP contribution in [0.1, 0.15) is 258 Å². The zero-order valence-corrected chi connectivity index (χ0v) is 44.6.